The number of hydrogen-bond donors (Lipinski definition) is 1. The first-order valence-electron chi connectivity index (χ1n) is 3.89. The first-order valence-corrected chi connectivity index (χ1v) is 3.89. The Balaban J connectivity index is 2.61. The first kappa shape index (κ1) is 8.35. The van der Waals surface area contributed by atoms with Gasteiger partial charge in [0.1, 0.15) is 0 Å². The van der Waals surface area contributed by atoms with Crippen LogP contribution in [0.2, 0.25) is 0 Å². The van der Waals surface area contributed by atoms with Crippen molar-refractivity contribution in [3.63, 3.8) is 0 Å². The minimum Gasteiger partial charge on any atom is -0.392 e. The predicted octanol–water partition coefficient (Wildman–Crippen LogP) is 0.560. The lowest BCUT2D eigenvalue weighted by atomic mass is 9.81. The van der Waals surface area contributed by atoms with E-state index in [1.807, 2.05) is 13.8 Å². The van der Waals surface area contributed by atoms with Crippen LogP contribution >= 0.6 is 0 Å². The average Bonchev–Trinajstić information content (AvgIpc) is 1.95. The summed E-state index contributed by atoms with van der Waals surface area (Å²) in [7, 11) is 0. The van der Waals surface area contributed by atoms with Crippen LogP contribution in [0.5, 0.6) is 0 Å². The lowest BCUT2D eigenvalue weighted by Gasteiger charge is -2.39. The lowest BCUT2D eigenvalue weighted by Crippen LogP contribution is -2.46. The summed E-state index contributed by atoms with van der Waals surface area (Å²) in [4.78, 5) is 1.70. The third kappa shape index (κ3) is 1.63. The van der Waals surface area contributed by atoms with Gasteiger partial charge in [-0.15, -0.1) is 0 Å². The van der Waals surface area contributed by atoms with E-state index < -0.39 is 0 Å². The molecule has 1 heterocycles. The molecule has 1 fully saturated rings. The molecule has 62 valence electrons. The number of aliphatic hydroxyl groups is 1. The molecule has 0 spiro atoms. The van der Waals surface area contributed by atoms with Gasteiger partial charge < -0.3 is 10.0 Å². The van der Waals surface area contributed by atoms with E-state index in [1.165, 1.54) is 0 Å². The molecule has 1 N–H and O–H groups in total. The van der Waals surface area contributed by atoms with Crippen LogP contribution in [-0.4, -0.2) is 29.2 Å². The molecule has 1 aliphatic heterocycles. The van der Waals surface area contributed by atoms with Crippen molar-refractivity contribution < 1.29 is 5.11 Å². The summed E-state index contributed by atoms with van der Waals surface area (Å²) < 4.78 is 0. The summed E-state index contributed by atoms with van der Waals surface area (Å²) in [6.07, 6.45) is 2.55. The number of hydrogen-bond acceptors (Lipinski definition) is 3. The van der Waals surface area contributed by atoms with Crippen LogP contribution in [-0.2, 0) is 0 Å². The Labute approximate surface area is 67.2 Å². The fourth-order valence-electron chi connectivity index (χ4n) is 1.43. The molecular formula is C8H14N2O. The van der Waals surface area contributed by atoms with E-state index in [1.54, 1.807) is 4.90 Å². The molecule has 0 saturated carbocycles. The van der Waals surface area contributed by atoms with Gasteiger partial charge in [-0.3, -0.25) is 0 Å². The molecule has 3 heteroatoms. The van der Waals surface area contributed by atoms with Gasteiger partial charge in [0.25, 0.3) is 0 Å². The molecule has 3 nitrogen and oxygen atoms in total. The summed E-state index contributed by atoms with van der Waals surface area (Å²) in [5, 5.41) is 18.1. The van der Waals surface area contributed by atoms with Crippen molar-refractivity contribution in [2.75, 3.05) is 13.1 Å². The SMILES string of the molecule is CC1(C)CN(C#N)CCC1O. The van der Waals surface area contributed by atoms with Crippen molar-refractivity contribution in [1.82, 2.24) is 4.90 Å². The highest BCUT2D eigenvalue weighted by molar-refractivity contribution is 4.91. The molecule has 0 radical (unpaired) electrons. The van der Waals surface area contributed by atoms with E-state index >= 15 is 0 Å². The van der Waals surface area contributed by atoms with Crippen LogP contribution in [0.1, 0.15) is 20.3 Å². The van der Waals surface area contributed by atoms with E-state index in [4.69, 9.17) is 5.26 Å². The van der Waals surface area contributed by atoms with Gasteiger partial charge in [0.15, 0.2) is 6.19 Å². The van der Waals surface area contributed by atoms with Crippen LogP contribution in [0.15, 0.2) is 0 Å². The molecule has 0 aromatic heterocycles. The number of likely N-dealkylation sites (tertiary alicyclic amines) is 1. The second-order valence-corrected chi connectivity index (χ2v) is 3.81. The Morgan fingerprint density at radius 1 is 1.64 bits per heavy atom. The molecule has 1 atom stereocenters. The second-order valence-electron chi connectivity index (χ2n) is 3.81. The molecule has 0 aliphatic carbocycles. The average molecular weight is 154 g/mol. The third-order valence-electron chi connectivity index (χ3n) is 2.31. The smallest absolute Gasteiger partial charge is 0.179 e. The lowest BCUT2D eigenvalue weighted by molar-refractivity contribution is -0.00762. The van der Waals surface area contributed by atoms with Crippen LogP contribution in [0, 0.1) is 16.9 Å². The Hall–Kier alpha value is -0.750. The first-order chi connectivity index (χ1) is 5.06. The van der Waals surface area contributed by atoms with Gasteiger partial charge >= 0.3 is 0 Å². The molecule has 0 amide bonds. The van der Waals surface area contributed by atoms with Crippen molar-refractivity contribution in [2.45, 2.75) is 26.4 Å². The van der Waals surface area contributed by atoms with Crippen molar-refractivity contribution in [1.29, 1.82) is 5.26 Å². The fraction of sp³-hybridized carbons (Fsp3) is 0.875. The molecule has 1 rings (SSSR count). The predicted molar refractivity (Wildman–Crippen MR) is 41.6 cm³/mol. The highest BCUT2D eigenvalue weighted by Crippen LogP contribution is 2.28. The summed E-state index contributed by atoms with van der Waals surface area (Å²) in [6.45, 7) is 5.34. The second kappa shape index (κ2) is 2.71. The third-order valence-corrected chi connectivity index (χ3v) is 2.31. The van der Waals surface area contributed by atoms with Gasteiger partial charge in [0, 0.05) is 18.5 Å². The van der Waals surface area contributed by atoms with Crippen molar-refractivity contribution in [3.05, 3.63) is 0 Å². The van der Waals surface area contributed by atoms with E-state index in [2.05, 4.69) is 6.19 Å². The summed E-state index contributed by atoms with van der Waals surface area (Å²) in [6, 6.07) is 0. The number of piperidine rings is 1. The van der Waals surface area contributed by atoms with Crippen LogP contribution in [0.3, 0.4) is 0 Å². The quantitative estimate of drug-likeness (QED) is 0.519. The van der Waals surface area contributed by atoms with Gasteiger partial charge in [-0.25, -0.2) is 0 Å². The Kier molecular flexibility index (Phi) is 2.05. The number of rotatable bonds is 0. The monoisotopic (exact) mass is 154 g/mol. The maximum absolute atomic E-state index is 9.51. The highest BCUT2D eigenvalue weighted by atomic mass is 16.3. The molecule has 1 saturated heterocycles. The van der Waals surface area contributed by atoms with Crippen molar-refractivity contribution in [2.24, 2.45) is 5.41 Å². The number of nitriles is 1. The zero-order valence-corrected chi connectivity index (χ0v) is 7.04. The zero-order chi connectivity index (χ0) is 8.48. The van der Waals surface area contributed by atoms with Gasteiger partial charge in [0.05, 0.1) is 6.10 Å². The van der Waals surface area contributed by atoms with Crippen LogP contribution in [0.25, 0.3) is 0 Å². The summed E-state index contributed by atoms with van der Waals surface area (Å²) >= 11 is 0. The largest absolute Gasteiger partial charge is 0.392 e. The van der Waals surface area contributed by atoms with Crippen molar-refractivity contribution in [3.8, 4) is 6.19 Å². The maximum atomic E-state index is 9.51. The number of nitrogens with zero attached hydrogens (tertiary/aromatic N) is 2. The Morgan fingerprint density at radius 2 is 2.27 bits per heavy atom. The zero-order valence-electron chi connectivity index (χ0n) is 7.04. The molecule has 0 aromatic carbocycles. The van der Waals surface area contributed by atoms with Crippen LogP contribution in [0.4, 0.5) is 0 Å². The minimum absolute atomic E-state index is 0.131. The Morgan fingerprint density at radius 3 is 2.73 bits per heavy atom. The molecular weight excluding hydrogens is 140 g/mol. The minimum atomic E-state index is -0.257. The summed E-state index contributed by atoms with van der Waals surface area (Å²) in [5.74, 6) is 0. The maximum Gasteiger partial charge on any atom is 0.179 e. The molecule has 0 aromatic rings. The Bertz CT molecular complexity index is 183. The standard InChI is InChI=1S/C8H14N2O/c1-8(2)5-10(6-9)4-3-7(8)11/h7,11H,3-5H2,1-2H3. The van der Waals surface area contributed by atoms with E-state index in [-0.39, 0.29) is 11.5 Å². The highest BCUT2D eigenvalue weighted by Gasteiger charge is 2.34. The molecule has 11 heavy (non-hydrogen) atoms. The van der Waals surface area contributed by atoms with Crippen LogP contribution < -0.4 is 0 Å². The van der Waals surface area contributed by atoms with Gasteiger partial charge in [-0.1, -0.05) is 13.8 Å². The van der Waals surface area contributed by atoms with Gasteiger partial charge in [0.2, 0.25) is 0 Å². The summed E-state index contributed by atoms with van der Waals surface area (Å²) in [5.41, 5.74) is -0.131. The van der Waals surface area contributed by atoms with Gasteiger partial charge in [-0.05, 0) is 6.42 Å². The van der Waals surface area contributed by atoms with E-state index in [9.17, 15) is 5.11 Å². The van der Waals surface area contributed by atoms with E-state index in [0.29, 0.717) is 19.5 Å². The van der Waals surface area contributed by atoms with E-state index in [0.717, 1.165) is 0 Å². The topological polar surface area (TPSA) is 47.3 Å². The van der Waals surface area contributed by atoms with Crippen molar-refractivity contribution >= 4 is 0 Å². The molecule has 1 aliphatic rings. The number of aliphatic hydroxyl groups excluding tert-OH is 1. The molecule has 0 bridgehead atoms. The molecule has 1 unspecified atom stereocenters. The van der Waals surface area contributed by atoms with Gasteiger partial charge in [-0.2, -0.15) is 5.26 Å². The normalized spacial score (nSPS) is 29.6. The fourth-order valence-corrected chi connectivity index (χ4v) is 1.43.